The van der Waals surface area contributed by atoms with Crippen LogP contribution in [-0.2, 0) is 15.6 Å². The van der Waals surface area contributed by atoms with E-state index in [1.54, 1.807) is 30.8 Å². The fraction of sp³-hybridized carbons (Fsp3) is 0.400. The molecule has 1 aromatic carbocycles. The van der Waals surface area contributed by atoms with Crippen molar-refractivity contribution < 1.29 is 8.42 Å². The van der Waals surface area contributed by atoms with E-state index in [0.717, 1.165) is 5.56 Å². The van der Waals surface area contributed by atoms with Gasteiger partial charge in [-0.3, -0.25) is 0 Å². The Morgan fingerprint density at radius 1 is 1.40 bits per heavy atom. The van der Waals surface area contributed by atoms with Crippen LogP contribution in [0.1, 0.15) is 11.1 Å². The zero-order valence-electron chi connectivity index (χ0n) is 8.87. The fourth-order valence-electron chi connectivity index (χ4n) is 1.52. The molecule has 5 heteroatoms. The highest BCUT2D eigenvalue weighted by atomic mass is 35.5. The predicted octanol–water partition coefficient (Wildman–Crippen LogP) is 2.91. The van der Waals surface area contributed by atoms with Crippen molar-refractivity contribution in [3.63, 3.8) is 0 Å². The molecule has 0 fully saturated rings. The molecule has 1 aromatic rings. The Bertz CT molecular complexity index is 467. The third-order valence-electron chi connectivity index (χ3n) is 2.06. The van der Waals surface area contributed by atoms with Gasteiger partial charge >= 0.3 is 0 Å². The van der Waals surface area contributed by atoms with Gasteiger partial charge in [0.05, 0.1) is 4.90 Å². The molecule has 1 rings (SSSR count). The maximum atomic E-state index is 11.6. The standard InChI is InChI=1S/C10H13ClO2S2/c1-7-4-5-9(11)8(6-14-2)10(7)15(3,12)13/h4-5H,6H2,1-3H3. The van der Waals surface area contributed by atoms with Crippen molar-refractivity contribution in [2.75, 3.05) is 12.5 Å². The second-order valence-corrected chi connectivity index (χ2v) is 6.60. The number of hydrogen-bond acceptors (Lipinski definition) is 3. The summed E-state index contributed by atoms with van der Waals surface area (Å²) in [5, 5.41) is 0.523. The number of sulfone groups is 1. The molecule has 2 nitrogen and oxygen atoms in total. The maximum absolute atomic E-state index is 11.6. The summed E-state index contributed by atoms with van der Waals surface area (Å²) in [5.41, 5.74) is 1.47. The highest BCUT2D eigenvalue weighted by molar-refractivity contribution is 7.97. The average molecular weight is 265 g/mol. The zero-order valence-corrected chi connectivity index (χ0v) is 11.3. The van der Waals surface area contributed by atoms with Crippen molar-refractivity contribution >= 4 is 33.2 Å². The van der Waals surface area contributed by atoms with Crippen LogP contribution in [0.4, 0.5) is 0 Å². The molecule has 0 unspecified atom stereocenters. The van der Waals surface area contributed by atoms with E-state index in [1.165, 1.54) is 6.26 Å². The summed E-state index contributed by atoms with van der Waals surface area (Å²) in [6, 6.07) is 3.49. The molecule has 0 heterocycles. The van der Waals surface area contributed by atoms with Gasteiger partial charge in [-0.1, -0.05) is 17.7 Å². The van der Waals surface area contributed by atoms with Gasteiger partial charge in [-0.05, 0) is 30.4 Å². The molecular formula is C10H13ClO2S2. The van der Waals surface area contributed by atoms with Gasteiger partial charge in [0.25, 0.3) is 0 Å². The summed E-state index contributed by atoms with van der Waals surface area (Å²) < 4.78 is 23.3. The molecular weight excluding hydrogens is 252 g/mol. The van der Waals surface area contributed by atoms with Crippen LogP contribution in [0.25, 0.3) is 0 Å². The van der Waals surface area contributed by atoms with Gasteiger partial charge in [-0.15, -0.1) is 0 Å². The molecule has 0 bridgehead atoms. The van der Waals surface area contributed by atoms with Crippen LogP contribution < -0.4 is 0 Å². The third-order valence-corrected chi connectivity index (χ3v) is 4.30. The number of halogens is 1. The Kier molecular flexibility index (Phi) is 4.09. The van der Waals surface area contributed by atoms with Crippen molar-refractivity contribution in [1.82, 2.24) is 0 Å². The maximum Gasteiger partial charge on any atom is 0.176 e. The Morgan fingerprint density at radius 2 is 2.00 bits per heavy atom. The Labute approximate surface area is 99.9 Å². The Morgan fingerprint density at radius 3 is 2.47 bits per heavy atom. The lowest BCUT2D eigenvalue weighted by Crippen LogP contribution is -2.05. The molecule has 0 saturated heterocycles. The van der Waals surface area contributed by atoms with Crippen molar-refractivity contribution in [2.24, 2.45) is 0 Å². The number of benzene rings is 1. The van der Waals surface area contributed by atoms with E-state index >= 15 is 0 Å². The van der Waals surface area contributed by atoms with E-state index < -0.39 is 9.84 Å². The monoisotopic (exact) mass is 264 g/mol. The van der Waals surface area contributed by atoms with E-state index in [-0.39, 0.29) is 0 Å². The van der Waals surface area contributed by atoms with Crippen LogP contribution in [0.3, 0.4) is 0 Å². The molecule has 84 valence electrons. The smallest absolute Gasteiger partial charge is 0.176 e. The SMILES string of the molecule is CSCc1c(Cl)ccc(C)c1S(C)(=O)=O. The van der Waals surface area contributed by atoms with Crippen molar-refractivity contribution in [2.45, 2.75) is 17.6 Å². The summed E-state index contributed by atoms with van der Waals surface area (Å²) in [6.45, 7) is 1.79. The summed E-state index contributed by atoms with van der Waals surface area (Å²) in [4.78, 5) is 0.379. The molecule has 0 atom stereocenters. The summed E-state index contributed by atoms with van der Waals surface area (Å²) >= 11 is 7.57. The average Bonchev–Trinajstić information content (AvgIpc) is 2.09. The van der Waals surface area contributed by atoms with Gasteiger partial charge in [0.1, 0.15) is 0 Å². The zero-order chi connectivity index (χ0) is 11.6. The van der Waals surface area contributed by atoms with Crippen LogP contribution in [0, 0.1) is 6.92 Å². The fourth-order valence-corrected chi connectivity index (χ4v) is 3.84. The first-order valence-corrected chi connectivity index (χ1v) is 8.01. The molecule has 0 aliphatic carbocycles. The summed E-state index contributed by atoms with van der Waals surface area (Å²) in [5.74, 6) is 0.614. The molecule has 0 radical (unpaired) electrons. The van der Waals surface area contributed by atoms with Crippen LogP contribution in [0.5, 0.6) is 0 Å². The first-order chi connectivity index (χ1) is 6.88. The predicted molar refractivity (Wildman–Crippen MR) is 66.5 cm³/mol. The molecule has 0 aliphatic heterocycles. The second kappa shape index (κ2) is 4.76. The van der Waals surface area contributed by atoms with E-state index in [1.807, 2.05) is 6.26 Å². The Hall–Kier alpha value is -0.190. The van der Waals surface area contributed by atoms with Gasteiger partial charge < -0.3 is 0 Å². The van der Waals surface area contributed by atoms with E-state index in [2.05, 4.69) is 0 Å². The van der Waals surface area contributed by atoms with Gasteiger partial charge in [0.2, 0.25) is 0 Å². The molecule has 0 N–H and O–H groups in total. The second-order valence-electron chi connectivity index (χ2n) is 3.38. The molecule has 0 amide bonds. The molecule has 0 spiro atoms. The number of hydrogen-bond donors (Lipinski definition) is 0. The van der Waals surface area contributed by atoms with Crippen LogP contribution in [-0.4, -0.2) is 20.9 Å². The van der Waals surface area contributed by atoms with Crippen LogP contribution in [0.15, 0.2) is 17.0 Å². The van der Waals surface area contributed by atoms with Gasteiger partial charge in [0.15, 0.2) is 9.84 Å². The van der Waals surface area contributed by atoms with E-state index in [9.17, 15) is 8.42 Å². The number of rotatable bonds is 3. The van der Waals surface area contributed by atoms with E-state index in [0.29, 0.717) is 21.2 Å². The lowest BCUT2D eigenvalue weighted by atomic mass is 10.1. The highest BCUT2D eigenvalue weighted by Crippen LogP contribution is 2.29. The molecule has 0 saturated carbocycles. The first kappa shape index (κ1) is 12.9. The quantitative estimate of drug-likeness (QED) is 0.842. The van der Waals surface area contributed by atoms with Crippen molar-refractivity contribution in [3.8, 4) is 0 Å². The number of thioether (sulfide) groups is 1. The van der Waals surface area contributed by atoms with E-state index in [4.69, 9.17) is 11.6 Å². The topological polar surface area (TPSA) is 34.1 Å². The third kappa shape index (κ3) is 2.89. The minimum absolute atomic E-state index is 0.379. The molecule has 0 aromatic heterocycles. The van der Waals surface area contributed by atoms with Crippen LogP contribution in [0.2, 0.25) is 5.02 Å². The lowest BCUT2D eigenvalue weighted by molar-refractivity contribution is 0.600. The van der Waals surface area contributed by atoms with Crippen molar-refractivity contribution in [3.05, 3.63) is 28.3 Å². The van der Waals surface area contributed by atoms with Gasteiger partial charge in [-0.25, -0.2) is 8.42 Å². The minimum Gasteiger partial charge on any atom is -0.224 e. The normalized spacial score (nSPS) is 11.7. The Balaban J connectivity index is 3.53. The van der Waals surface area contributed by atoms with Crippen LogP contribution >= 0.6 is 23.4 Å². The van der Waals surface area contributed by atoms with Crippen molar-refractivity contribution in [1.29, 1.82) is 0 Å². The summed E-state index contributed by atoms with van der Waals surface area (Å²) in [6.07, 6.45) is 3.14. The first-order valence-electron chi connectivity index (χ1n) is 4.35. The summed E-state index contributed by atoms with van der Waals surface area (Å²) in [7, 11) is -3.21. The van der Waals surface area contributed by atoms with Gasteiger partial charge in [-0.2, -0.15) is 11.8 Å². The molecule has 0 aliphatic rings. The largest absolute Gasteiger partial charge is 0.224 e. The lowest BCUT2D eigenvalue weighted by Gasteiger charge is -2.11. The highest BCUT2D eigenvalue weighted by Gasteiger charge is 2.18. The van der Waals surface area contributed by atoms with Gasteiger partial charge in [0, 0.05) is 17.0 Å². The minimum atomic E-state index is -3.21. The molecule has 15 heavy (non-hydrogen) atoms. The number of aryl methyl sites for hydroxylation is 1.